The lowest BCUT2D eigenvalue weighted by molar-refractivity contribution is -0.127. The number of rotatable bonds is 15. The zero-order valence-electron chi connectivity index (χ0n) is 21.0. The molecule has 1 amide bonds. The molecule has 1 unspecified atom stereocenters. The molecule has 2 aromatic heterocycles. The summed E-state index contributed by atoms with van der Waals surface area (Å²) in [6.45, 7) is 0.434. The van der Waals surface area contributed by atoms with Gasteiger partial charge in [-0.2, -0.15) is 0 Å². The minimum Gasteiger partial charge on any atom is -0.508 e. The maximum atomic E-state index is 13.2. The molecule has 0 aliphatic rings. The summed E-state index contributed by atoms with van der Waals surface area (Å²) in [5.41, 5.74) is 3.12. The van der Waals surface area contributed by atoms with Crippen LogP contribution < -0.4 is 5.32 Å². The fraction of sp³-hybridized carbons (Fsp3) is 0.357. The summed E-state index contributed by atoms with van der Waals surface area (Å²) in [5.74, 6) is -0.246. The van der Waals surface area contributed by atoms with Crippen molar-refractivity contribution in [3.05, 3.63) is 59.9 Å². The molecule has 38 heavy (non-hydrogen) atoms. The Hall–Kier alpha value is -3.89. The van der Waals surface area contributed by atoms with Gasteiger partial charge in [0.2, 0.25) is 5.91 Å². The molecule has 202 valence electrons. The van der Waals surface area contributed by atoms with E-state index in [1.807, 2.05) is 0 Å². The smallest absolute Gasteiger partial charge is 0.225 e. The van der Waals surface area contributed by atoms with Gasteiger partial charge in [0.05, 0.1) is 32.3 Å². The number of H-pyrrole nitrogens is 2. The average Bonchev–Trinajstić information content (AvgIpc) is 3.48. The molecule has 2 heterocycles. The Bertz CT molecular complexity index is 1380. The molecule has 1 atom stereocenters. The van der Waals surface area contributed by atoms with Crippen molar-refractivity contribution < 1.29 is 33.7 Å². The van der Waals surface area contributed by atoms with Gasteiger partial charge in [0, 0.05) is 53.6 Å². The monoisotopic (exact) mass is 525 g/mol. The topological polar surface area (TPSA) is 137 Å². The highest BCUT2D eigenvalue weighted by molar-refractivity contribution is 5.93. The molecule has 9 nitrogen and oxygen atoms in total. The number of aromatic hydroxyl groups is 2. The molecule has 4 aromatic rings. The SMILES string of the molecule is O=C(Cc1c[nH]c2ccc(O)cc12)NC(Cc1c[nH]c2ccc(O)cc12)C(=O)CCCOCCOCCF. The molecule has 0 aliphatic heterocycles. The molecule has 10 heteroatoms. The second-order valence-corrected chi connectivity index (χ2v) is 9.07. The largest absolute Gasteiger partial charge is 0.508 e. The Balaban J connectivity index is 1.41. The van der Waals surface area contributed by atoms with Crippen molar-refractivity contribution in [1.82, 2.24) is 15.3 Å². The second kappa shape index (κ2) is 13.1. The van der Waals surface area contributed by atoms with E-state index >= 15 is 0 Å². The van der Waals surface area contributed by atoms with Crippen LogP contribution in [0.5, 0.6) is 11.5 Å². The van der Waals surface area contributed by atoms with Crippen LogP contribution in [0.2, 0.25) is 0 Å². The first kappa shape index (κ1) is 27.2. The molecule has 0 fully saturated rings. The normalized spacial score (nSPS) is 12.2. The van der Waals surface area contributed by atoms with E-state index in [1.165, 1.54) is 0 Å². The van der Waals surface area contributed by atoms with Gasteiger partial charge in [-0.15, -0.1) is 0 Å². The number of phenols is 2. The Labute approximate surface area is 219 Å². The third-order valence-corrected chi connectivity index (χ3v) is 6.31. The number of hydrogen-bond donors (Lipinski definition) is 5. The average molecular weight is 526 g/mol. The van der Waals surface area contributed by atoms with Crippen LogP contribution in [0.25, 0.3) is 21.8 Å². The van der Waals surface area contributed by atoms with Crippen molar-refractivity contribution in [2.45, 2.75) is 31.7 Å². The molecule has 0 saturated heterocycles. The number of aromatic nitrogens is 2. The third-order valence-electron chi connectivity index (χ3n) is 6.31. The Morgan fingerprint density at radius 3 is 2.13 bits per heavy atom. The van der Waals surface area contributed by atoms with Crippen LogP contribution in [0, 0.1) is 0 Å². The van der Waals surface area contributed by atoms with Crippen molar-refractivity contribution >= 4 is 33.5 Å². The van der Waals surface area contributed by atoms with Crippen LogP contribution in [0.15, 0.2) is 48.8 Å². The zero-order chi connectivity index (χ0) is 26.9. The lowest BCUT2D eigenvalue weighted by Gasteiger charge is -2.18. The van der Waals surface area contributed by atoms with Crippen molar-refractivity contribution in [2.24, 2.45) is 0 Å². The molecule has 0 saturated carbocycles. The van der Waals surface area contributed by atoms with Gasteiger partial charge in [-0.25, -0.2) is 4.39 Å². The summed E-state index contributed by atoms with van der Waals surface area (Å²) in [6.07, 6.45) is 4.44. The summed E-state index contributed by atoms with van der Waals surface area (Å²) < 4.78 is 22.5. The van der Waals surface area contributed by atoms with Gasteiger partial charge in [0.25, 0.3) is 0 Å². The molecular formula is C28H32FN3O6. The quantitative estimate of drug-likeness (QED) is 0.150. The van der Waals surface area contributed by atoms with Gasteiger partial charge in [-0.1, -0.05) is 0 Å². The fourth-order valence-electron chi connectivity index (χ4n) is 4.43. The molecule has 2 aromatic carbocycles. The van der Waals surface area contributed by atoms with E-state index in [1.54, 1.807) is 48.8 Å². The zero-order valence-corrected chi connectivity index (χ0v) is 21.0. The lowest BCUT2D eigenvalue weighted by atomic mass is 9.98. The van der Waals surface area contributed by atoms with Gasteiger partial charge in [0.15, 0.2) is 5.78 Å². The lowest BCUT2D eigenvalue weighted by Crippen LogP contribution is -2.43. The van der Waals surface area contributed by atoms with Crippen LogP contribution in [-0.2, 0) is 31.9 Å². The van der Waals surface area contributed by atoms with Crippen LogP contribution in [0.4, 0.5) is 4.39 Å². The number of ether oxygens (including phenoxy) is 2. The van der Waals surface area contributed by atoms with Crippen LogP contribution in [0.3, 0.4) is 0 Å². The number of alkyl halides is 1. The van der Waals surface area contributed by atoms with Crippen molar-refractivity contribution in [2.75, 3.05) is 33.1 Å². The summed E-state index contributed by atoms with van der Waals surface area (Å²) in [5, 5.41) is 24.2. The summed E-state index contributed by atoms with van der Waals surface area (Å²) in [4.78, 5) is 32.5. The minimum absolute atomic E-state index is 0.0316. The first-order valence-corrected chi connectivity index (χ1v) is 12.6. The van der Waals surface area contributed by atoms with E-state index in [9.17, 15) is 24.2 Å². The number of phenolic OH excluding ortho intramolecular Hbond substituents is 2. The number of nitrogens with one attached hydrogen (secondary N) is 3. The van der Waals surface area contributed by atoms with E-state index in [0.717, 1.165) is 27.4 Å². The van der Waals surface area contributed by atoms with Gasteiger partial charge >= 0.3 is 0 Å². The van der Waals surface area contributed by atoms with E-state index in [-0.39, 0.29) is 55.7 Å². The van der Waals surface area contributed by atoms with E-state index in [4.69, 9.17) is 9.47 Å². The summed E-state index contributed by atoms with van der Waals surface area (Å²) >= 11 is 0. The van der Waals surface area contributed by atoms with Gasteiger partial charge in [0.1, 0.15) is 18.2 Å². The van der Waals surface area contributed by atoms with Crippen molar-refractivity contribution in [3.63, 3.8) is 0 Å². The molecule has 5 N–H and O–H groups in total. The van der Waals surface area contributed by atoms with Crippen molar-refractivity contribution in [1.29, 1.82) is 0 Å². The van der Waals surface area contributed by atoms with Crippen LogP contribution in [0.1, 0.15) is 24.0 Å². The van der Waals surface area contributed by atoms with Gasteiger partial charge in [-0.05, 0) is 53.9 Å². The van der Waals surface area contributed by atoms with E-state index in [0.29, 0.717) is 25.2 Å². The first-order chi connectivity index (χ1) is 18.4. The Kier molecular flexibility index (Phi) is 9.34. The summed E-state index contributed by atoms with van der Waals surface area (Å²) in [6, 6.07) is 9.08. The predicted molar refractivity (Wildman–Crippen MR) is 141 cm³/mol. The minimum atomic E-state index is -0.782. The van der Waals surface area contributed by atoms with Gasteiger partial charge in [-0.3, -0.25) is 9.59 Å². The van der Waals surface area contributed by atoms with Crippen LogP contribution >= 0.6 is 0 Å². The number of ketones is 1. The number of aromatic amines is 2. The highest BCUT2D eigenvalue weighted by Crippen LogP contribution is 2.25. The number of amides is 1. The third kappa shape index (κ3) is 7.11. The highest BCUT2D eigenvalue weighted by atomic mass is 19.1. The van der Waals surface area contributed by atoms with E-state index in [2.05, 4.69) is 15.3 Å². The number of halogens is 1. The standard InChI is InChI=1S/C28H32FN3O6/c29-7-9-38-11-10-37-8-1-2-27(35)26(12-18-16-30-24-5-3-20(33)14-22(18)24)32-28(36)13-19-17-31-25-6-4-21(34)15-23(19)25/h3-6,14-17,26,30-31,33-34H,1-2,7-13H2,(H,32,36). The second-order valence-electron chi connectivity index (χ2n) is 9.07. The number of fused-ring (bicyclic) bond motifs is 2. The molecule has 0 bridgehead atoms. The number of carbonyl (C=O) groups excluding carboxylic acids is 2. The molecular weight excluding hydrogens is 493 g/mol. The maximum Gasteiger partial charge on any atom is 0.225 e. The van der Waals surface area contributed by atoms with Crippen LogP contribution in [-0.4, -0.2) is 71.0 Å². The number of benzene rings is 2. The predicted octanol–water partition coefficient (Wildman–Crippen LogP) is 3.68. The Morgan fingerprint density at radius 1 is 0.868 bits per heavy atom. The molecule has 0 radical (unpaired) electrons. The molecule has 4 rings (SSSR count). The number of hydrogen-bond acceptors (Lipinski definition) is 6. The number of carbonyl (C=O) groups is 2. The van der Waals surface area contributed by atoms with E-state index < -0.39 is 12.7 Å². The highest BCUT2D eigenvalue weighted by Gasteiger charge is 2.23. The maximum absolute atomic E-state index is 13.2. The van der Waals surface area contributed by atoms with Crippen molar-refractivity contribution in [3.8, 4) is 11.5 Å². The Morgan fingerprint density at radius 2 is 1.47 bits per heavy atom. The molecule has 0 spiro atoms. The van der Waals surface area contributed by atoms with Gasteiger partial charge < -0.3 is 35.0 Å². The summed E-state index contributed by atoms with van der Waals surface area (Å²) in [7, 11) is 0. The first-order valence-electron chi connectivity index (χ1n) is 12.6. The number of Topliss-reactive ketones (excluding diaryl/α,β-unsaturated/α-hetero) is 1. The fourth-order valence-corrected chi connectivity index (χ4v) is 4.43. The molecule has 0 aliphatic carbocycles.